The molecule has 126 valence electrons. The van der Waals surface area contributed by atoms with Crippen LogP contribution in [0.15, 0.2) is 42.5 Å². The standard InChI is InChI=1S/C20H24N2O2/c1-23-17-11-7-12-18(24-2)19(17)20-15(9-5-6-13-21)14-8-3-4-10-16(14)22-20/h3-4,7-8,10-12,22H,5-6,9,13,21H2,1-2H3. The van der Waals surface area contributed by atoms with E-state index in [1.54, 1.807) is 14.2 Å². The number of aryl methyl sites for hydroxylation is 1. The zero-order chi connectivity index (χ0) is 16.9. The Kier molecular flexibility index (Phi) is 5.06. The van der Waals surface area contributed by atoms with Crippen molar-refractivity contribution in [3.05, 3.63) is 48.0 Å². The van der Waals surface area contributed by atoms with Crippen LogP contribution >= 0.6 is 0 Å². The molecule has 2 aromatic carbocycles. The summed E-state index contributed by atoms with van der Waals surface area (Å²) >= 11 is 0. The minimum atomic E-state index is 0.718. The van der Waals surface area contributed by atoms with E-state index in [4.69, 9.17) is 15.2 Å². The first-order chi connectivity index (χ1) is 11.8. The molecule has 0 radical (unpaired) electrons. The highest BCUT2D eigenvalue weighted by atomic mass is 16.5. The van der Waals surface area contributed by atoms with Crippen molar-refractivity contribution in [3.8, 4) is 22.8 Å². The Morgan fingerprint density at radius 3 is 2.29 bits per heavy atom. The van der Waals surface area contributed by atoms with E-state index in [1.807, 2.05) is 24.3 Å². The van der Waals surface area contributed by atoms with Gasteiger partial charge in [0.25, 0.3) is 0 Å². The van der Waals surface area contributed by atoms with Gasteiger partial charge in [0.05, 0.1) is 25.5 Å². The zero-order valence-corrected chi connectivity index (χ0v) is 14.3. The number of hydrogen-bond donors (Lipinski definition) is 2. The van der Waals surface area contributed by atoms with Gasteiger partial charge in [-0.2, -0.15) is 0 Å². The number of nitrogens with two attached hydrogens (primary N) is 1. The molecule has 1 heterocycles. The summed E-state index contributed by atoms with van der Waals surface area (Å²) in [6.07, 6.45) is 3.04. The summed E-state index contributed by atoms with van der Waals surface area (Å²) in [5.74, 6) is 1.61. The quantitative estimate of drug-likeness (QED) is 0.642. The van der Waals surface area contributed by atoms with Gasteiger partial charge in [0, 0.05) is 10.9 Å². The number of ether oxygens (including phenoxy) is 2. The van der Waals surface area contributed by atoms with Crippen molar-refractivity contribution in [2.24, 2.45) is 5.73 Å². The Hall–Kier alpha value is -2.46. The molecule has 3 N–H and O–H groups in total. The van der Waals surface area contributed by atoms with E-state index < -0.39 is 0 Å². The van der Waals surface area contributed by atoms with Gasteiger partial charge in [-0.05, 0) is 49.6 Å². The number of aromatic amines is 1. The molecule has 24 heavy (non-hydrogen) atoms. The Morgan fingerprint density at radius 1 is 0.917 bits per heavy atom. The van der Waals surface area contributed by atoms with Crippen molar-refractivity contribution in [2.75, 3.05) is 20.8 Å². The van der Waals surface area contributed by atoms with Crippen LogP contribution in [-0.2, 0) is 6.42 Å². The molecule has 3 aromatic rings. The molecule has 0 aliphatic heterocycles. The van der Waals surface area contributed by atoms with E-state index in [0.29, 0.717) is 0 Å². The van der Waals surface area contributed by atoms with Crippen LogP contribution in [0.3, 0.4) is 0 Å². The predicted molar refractivity (Wildman–Crippen MR) is 98.8 cm³/mol. The highest BCUT2D eigenvalue weighted by molar-refractivity contribution is 5.93. The lowest BCUT2D eigenvalue weighted by atomic mass is 9.99. The van der Waals surface area contributed by atoms with Crippen molar-refractivity contribution in [1.82, 2.24) is 4.98 Å². The number of fused-ring (bicyclic) bond motifs is 1. The van der Waals surface area contributed by atoms with Crippen LogP contribution in [0.2, 0.25) is 0 Å². The molecule has 1 aromatic heterocycles. The highest BCUT2D eigenvalue weighted by Crippen LogP contribution is 2.42. The molecule has 0 atom stereocenters. The normalized spacial score (nSPS) is 11.0. The fourth-order valence-corrected chi connectivity index (χ4v) is 3.22. The summed E-state index contributed by atoms with van der Waals surface area (Å²) in [5, 5.41) is 1.25. The molecule has 4 nitrogen and oxygen atoms in total. The lowest BCUT2D eigenvalue weighted by Gasteiger charge is -2.14. The number of unbranched alkanes of at least 4 members (excludes halogenated alkanes) is 1. The largest absolute Gasteiger partial charge is 0.496 e. The summed E-state index contributed by atoms with van der Waals surface area (Å²) in [6.45, 7) is 0.718. The van der Waals surface area contributed by atoms with Gasteiger partial charge >= 0.3 is 0 Å². The Labute approximate surface area is 142 Å². The third-order valence-corrected chi connectivity index (χ3v) is 4.37. The number of H-pyrrole nitrogens is 1. The maximum absolute atomic E-state index is 5.67. The van der Waals surface area contributed by atoms with E-state index >= 15 is 0 Å². The molecule has 4 heteroatoms. The van der Waals surface area contributed by atoms with E-state index in [0.717, 1.165) is 54.1 Å². The third kappa shape index (κ3) is 2.97. The summed E-state index contributed by atoms with van der Waals surface area (Å²) in [4.78, 5) is 3.57. The van der Waals surface area contributed by atoms with Crippen LogP contribution in [0, 0.1) is 0 Å². The SMILES string of the molecule is COc1cccc(OC)c1-c1[nH]c2ccccc2c1CCCCN. The summed E-state index contributed by atoms with van der Waals surface area (Å²) in [7, 11) is 3.38. The first kappa shape index (κ1) is 16.4. The lowest BCUT2D eigenvalue weighted by molar-refractivity contribution is 0.397. The Balaban J connectivity index is 2.20. The zero-order valence-electron chi connectivity index (χ0n) is 14.3. The van der Waals surface area contributed by atoms with E-state index in [1.165, 1.54) is 10.9 Å². The molecule has 0 spiro atoms. The number of nitrogens with one attached hydrogen (secondary N) is 1. The van der Waals surface area contributed by atoms with Crippen molar-refractivity contribution in [1.29, 1.82) is 0 Å². The maximum atomic E-state index is 5.67. The molecule has 3 rings (SSSR count). The van der Waals surface area contributed by atoms with Crippen molar-refractivity contribution < 1.29 is 9.47 Å². The molecular formula is C20H24N2O2. The number of hydrogen-bond acceptors (Lipinski definition) is 3. The van der Waals surface area contributed by atoms with E-state index in [9.17, 15) is 0 Å². The van der Waals surface area contributed by atoms with Crippen LogP contribution < -0.4 is 15.2 Å². The fourth-order valence-electron chi connectivity index (χ4n) is 3.22. The Morgan fingerprint density at radius 2 is 1.62 bits per heavy atom. The molecule has 0 bridgehead atoms. The van der Waals surface area contributed by atoms with Gasteiger partial charge in [-0.25, -0.2) is 0 Å². The molecule has 0 saturated heterocycles. The number of benzene rings is 2. The maximum Gasteiger partial charge on any atom is 0.131 e. The fraction of sp³-hybridized carbons (Fsp3) is 0.300. The molecule has 0 unspecified atom stereocenters. The Bertz CT molecular complexity index is 801. The average Bonchev–Trinajstić information content (AvgIpc) is 2.99. The summed E-state index contributed by atoms with van der Waals surface area (Å²) in [5.41, 5.74) is 10.1. The number of para-hydroxylation sites is 1. The second-order valence-corrected chi connectivity index (χ2v) is 5.81. The predicted octanol–water partition coefficient (Wildman–Crippen LogP) is 4.13. The molecule has 0 saturated carbocycles. The van der Waals surface area contributed by atoms with Crippen LogP contribution in [0.25, 0.3) is 22.2 Å². The average molecular weight is 324 g/mol. The minimum absolute atomic E-state index is 0.718. The molecule has 0 aliphatic carbocycles. The van der Waals surface area contributed by atoms with Crippen molar-refractivity contribution >= 4 is 10.9 Å². The second kappa shape index (κ2) is 7.41. The van der Waals surface area contributed by atoms with Gasteiger partial charge in [-0.15, -0.1) is 0 Å². The van der Waals surface area contributed by atoms with Crippen molar-refractivity contribution in [2.45, 2.75) is 19.3 Å². The van der Waals surface area contributed by atoms with Gasteiger partial charge in [-0.1, -0.05) is 24.3 Å². The van der Waals surface area contributed by atoms with Gasteiger partial charge < -0.3 is 20.2 Å². The third-order valence-electron chi connectivity index (χ3n) is 4.37. The topological polar surface area (TPSA) is 60.3 Å². The van der Waals surface area contributed by atoms with Gasteiger partial charge in [0.1, 0.15) is 11.5 Å². The van der Waals surface area contributed by atoms with E-state index in [2.05, 4.69) is 23.2 Å². The lowest BCUT2D eigenvalue weighted by Crippen LogP contribution is -2.00. The molecule has 0 fully saturated rings. The minimum Gasteiger partial charge on any atom is -0.496 e. The first-order valence-electron chi connectivity index (χ1n) is 8.31. The first-order valence-corrected chi connectivity index (χ1v) is 8.31. The number of methoxy groups -OCH3 is 2. The van der Waals surface area contributed by atoms with Gasteiger partial charge in [-0.3, -0.25) is 0 Å². The summed E-state index contributed by atoms with van der Waals surface area (Å²) < 4.78 is 11.2. The second-order valence-electron chi connectivity index (χ2n) is 5.81. The van der Waals surface area contributed by atoms with Gasteiger partial charge in [0.15, 0.2) is 0 Å². The molecule has 0 amide bonds. The number of aromatic nitrogens is 1. The monoisotopic (exact) mass is 324 g/mol. The van der Waals surface area contributed by atoms with Crippen LogP contribution in [-0.4, -0.2) is 25.7 Å². The smallest absolute Gasteiger partial charge is 0.131 e. The van der Waals surface area contributed by atoms with E-state index in [-0.39, 0.29) is 0 Å². The van der Waals surface area contributed by atoms with Gasteiger partial charge in [0.2, 0.25) is 0 Å². The van der Waals surface area contributed by atoms with Crippen LogP contribution in [0.1, 0.15) is 18.4 Å². The molecule has 0 aliphatic rings. The number of rotatable bonds is 7. The highest BCUT2D eigenvalue weighted by Gasteiger charge is 2.19. The van der Waals surface area contributed by atoms with Crippen LogP contribution in [0.5, 0.6) is 11.5 Å². The summed E-state index contributed by atoms with van der Waals surface area (Å²) in [6, 6.07) is 14.3. The molecular weight excluding hydrogens is 300 g/mol. The van der Waals surface area contributed by atoms with Crippen LogP contribution in [0.4, 0.5) is 0 Å². The van der Waals surface area contributed by atoms with Crippen molar-refractivity contribution in [3.63, 3.8) is 0 Å².